The molecule has 1 atom stereocenters. The Morgan fingerprint density at radius 2 is 2.00 bits per heavy atom. The van der Waals surface area contributed by atoms with E-state index in [1.54, 1.807) is 19.2 Å². The molecule has 2 aromatic heterocycles. The zero-order valence-corrected chi connectivity index (χ0v) is 16.6. The first-order chi connectivity index (χ1) is 12.9. The van der Waals surface area contributed by atoms with Crippen molar-refractivity contribution in [2.24, 2.45) is 0 Å². The summed E-state index contributed by atoms with van der Waals surface area (Å²) in [7, 11) is 0. The third-order valence-electron chi connectivity index (χ3n) is 4.52. The number of ether oxygens (including phenoxy) is 1. The van der Waals surface area contributed by atoms with E-state index < -0.39 is 0 Å². The Kier molecular flexibility index (Phi) is 6.93. The second-order valence-electron chi connectivity index (χ2n) is 6.24. The molecule has 2 aromatic rings. The van der Waals surface area contributed by atoms with Crippen molar-refractivity contribution >= 4 is 18.0 Å². The Balaban J connectivity index is 2.25. The maximum absolute atomic E-state index is 12.4. The normalized spacial score (nSPS) is 12.2. The lowest BCUT2D eigenvalue weighted by Crippen LogP contribution is -2.25. The summed E-state index contributed by atoms with van der Waals surface area (Å²) in [5.74, 6) is -0.614. The van der Waals surface area contributed by atoms with Crippen molar-refractivity contribution in [2.75, 3.05) is 6.61 Å². The van der Waals surface area contributed by atoms with Gasteiger partial charge in [0.25, 0.3) is 0 Å². The van der Waals surface area contributed by atoms with Crippen molar-refractivity contribution in [3.05, 3.63) is 58.7 Å². The molecule has 0 radical (unpaired) electrons. The topological polar surface area (TPSA) is 73.2 Å². The third kappa shape index (κ3) is 4.64. The fraction of sp³-hybridized carbons (Fsp3) is 0.381. The van der Waals surface area contributed by atoms with E-state index >= 15 is 0 Å². The van der Waals surface area contributed by atoms with Crippen LogP contribution in [0.15, 0.2) is 30.5 Å². The van der Waals surface area contributed by atoms with E-state index in [0.717, 1.165) is 23.6 Å². The molecule has 0 aliphatic rings. The lowest BCUT2D eigenvalue weighted by molar-refractivity contribution is -0.117. The highest BCUT2D eigenvalue weighted by molar-refractivity contribution is 5.98. The van der Waals surface area contributed by atoms with Crippen LogP contribution in [0.2, 0.25) is 0 Å². The van der Waals surface area contributed by atoms with Gasteiger partial charge in [-0.15, -0.1) is 0 Å². The number of amides is 1. The second kappa shape index (κ2) is 9.16. The van der Waals surface area contributed by atoms with Crippen molar-refractivity contribution in [2.45, 2.75) is 47.2 Å². The van der Waals surface area contributed by atoms with Crippen LogP contribution in [0.4, 0.5) is 0 Å². The van der Waals surface area contributed by atoms with Gasteiger partial charge in [0.15, 0.2) is 0 Å². The largest absolute Gasteiger partial charge is 0.462 e. The molecule has 1 amide bonds. The number of pyridine rings is 1. The summed E-state index contributed by atoms with van der Waals surface area (Å²) in [6, 6.07) is 5.36. The van der Waals surface area contributed by atoms with E-state index in [9.17, 15) is 9.59 Å². The molecule has 0 fully saturated rings. The summed E-state index contributed by atoms with van der Waals surface area (Å²) < 4.78 is 7.24. The van der Waals surface area contributed by atoms with Crippen molar-refractivity contribution in [1.29, 1.82) is 0 Å². The number of rotatable bonds is 7. The number of hydrogen-bond acceptors (Lipinski definition) is 4. The highest BCUT2D eigenvalue weighted by Crippen LogP contribution is 2.25. The predicted molar refractivity (Wildman–Crippen MR) is 105 cm³/mol. The average Bonchev–Trinajstić information content (AvgIpc) is 2.90. The van der Waals surface area contributed by atoms with Gasteiger partial charge in [-0.1, -0.05) is 6.07 Å². The first-order valence-electron chi connectivity index (χ1n) is 9.16. The van der Waals surface area contributed by atoms with E-state index in [1.807, 2.05) is 50.5 Å². The Bertz CT molecular complexity index is 838. The van der Waals surface area contributed by atoms with Crippen molar-refractivity contribution in [1.82, 2.24) is 14.9 Å². The minimum absolute atomic E-state index is 0.212. The molecule has 144 valence electrons. The Morgan fingerprint density at radius 3 is 2.59 bits per heavy atom. The maximum Gasteiger partial charge on any atom is 0.340 e. The molecule has 0 aromatic carbocycles. The first-order valence-corrected chi connectivity index (χ1v) is 9.16. The fourth-order valence-corrected chi connectivity index (χ4v) is 3.17. The Morgan fingerprint density at radius 1 is 1.26 bits per heavy atom. The number of carbonyl (C=O) groups excluding carboxylic acids is 2. The summed E-state index contributed by atoms with van der Waals surface area (Å²) in [6.07, 6.45) is 4.82. The van der Waals surface area contributed by atoms with E-state index in [2.05, 4.69) is 10.3 Å². The van der Waals surface area contributed by atoms with E-state index in [-0.39, 0.29) is 17.9 Å². The first kappa shape index (κ1) is 20.4. The van der Waals surface area contributed by atoms with Crippen molar-refractivity contribution < 1.29 is 14.3 Å². The van der Waals surface area contributed by atoms with Crippen LogP contribution < -0.4 is 5.32 Å². The number of hydrogen-bond donors (Lipinski definition) is 1. The smallest absolute Gasteiger partial charge is 0.340 e. The van der Waals surface area contributed by atoms with Gasteiger partial charge in [0, 0.05) is 35.8 Å². The van der Waals surface area contributed by atoms with Crippen LogP contribution in [0.3, 0.4) is 0 Å². The monoisotopic (exact) mass is 369 g/mol. The lowest BCUT2D eigenvalue weighted by Gasteiger charge is -2.11. The van der Waals surface area contributed by atoms with Gasteiger partial charge in [0.05, 0.1) is 23.9 Å². The molecule has 6 heteroatoms. The second-order valence-corrected chi connectivity index (χ2v) is 6.24. The number of nitrogens with zero attached hydrogens (tertiary/aromatic N) is 2. The molecule has 6 nitrogen and oxygen atoms in total. The predicted octanol–water partition coefficient (Wildman–Crippen LogP) is 3.59. The summed E-state index contributed by atoms with van der Waals surface area (Å²) in [4.78, 5) is 29.0. The zero-order chi connectivity index (χ0) is 20.0. The number of esters is 1. The minimum atomic E-state index is -0.368. The summed E-state index contributed by atoms with van der Waals surface area (Å²) >= 11 is 0. The maximum atomic E-state index is 12.4. The minimum Gasteiger partial charge on any atom is -0.462 e. The number of aromatic nitrogens is 2. The van der Waals surface area contributed by atoms with Crippen LogP contribution in [0, 0.1) is 13.8 Å². The lowest BCUT2D eigenvalue weighted by atomic mass is 10.1. The van der Waals surface area contributed by atoms with Gasteiger partial charge in [-0.3, -0.25) is 9.78 Å². The molecule has 2 rings (SSSR count). The van der Waals surface area contributed by atoms with Gasteiger partial charge in [-0.25, -0.2) is 4.79 Å². The van der Waals surface area contributed by atoms with E-state index in [4.69, 9.17) is 4.74 Å². The van der Waals surface area contributed by atoms with Crippen molar-refractivity contribution in [3.8, 4) is 0 Å². The quantitative estimate of drug-likeness (QED) is 0.598. The summed E-state index contributed by atoms with van der Waals surface area (Å²) in [5, 5.41) is 2.88. The van der Waals surface area contributed by atoms with Crippen molar-refractivity contribution in [3.63, 3.8) is 0 Å². The molecule has 0 saturated carbocycles. The molecule has 1 unspecified atom stereocenters. The molecular weight excluding hydrogens is 342 g/mol. The van der Waals surface area contributed by atoms with Crippen LogP contribution >= 0.6 is 0 Å². The van der Waals surface area contributed by atoms with Crippen LogP contribution in [-0.2, 0) is 16.1 Å². The van der Waals surface area contributed by atoms with Crippen LogP contribution in [-0.4, -0.2) is 28.0 Å². The van der Waals surface area contributed by atoms with Gasteiger partial charge in [-0.2, -0.15) is 0 Å². The highest BCUT2D eigenvalue weighted by Gasteiger charge is 2.22. The molecule has 0 spiro atoms. The highest BCUT2D eigenvalue weighted by atomic mass is 16.5. The standard InChI is InChI=1S/C21H27N3O3/c1-6-24-15(4)17(20(16(24)5)21(26)27-7-2)11-12-19(25)23-14(3)18-10-8-9-13-22-18/h8-14H,6-7H2,1-5H3,(H,23,25)/b12-11+. The molecule has 2 heterocycles. The Labute approximate surface area is 160 Å². The average molecular weight is 369 g/mol. The Hall–Kier alpha value is -2.89. The van der Waals surface area contributed by atoms with Crippen LogP contribution in [0.25, 0.3) is 6.08 Å². The zero-order valence-electron chi connectivity index (χ0n) is 16.6. The van der Waals surface area contributed by atoms with Gasteiger partial charge in [-0.05, 0) is 52.8 Å². The van der Waals surface area contributed by atoms with Gasteiger partial charge in [0.1, 0.15) is 0 Å². The van der Waals surface area contributed by atoms with E-state index in [1.165, 1.54) is 6.08 Å². The molecule has 27 heavy (non-hydrogen) atoms. The fourth-order valence-electron chi connectivity index (χ4n) is 3.17. The van der Waals surface area contributed by atoms with Gasteiger partial charge >= 0.3 is 5.97 Å². The van der Waals surface area contributed by atoms with Crippen LogP contribution in [0.5, 0.6) is 0 Å². The van der Waals surface area contributed by atoms with E-state index in [0.29, 0.717) is 17.7 Å². The molecule has 1 N–H and O–H groups in total. The third-order valence-corrected chi connectivity index (χ3v) is 4.52. The summed E-state index contributed by atoms with van der Waals surface area (Å²) in [6.45, 7) is 10.5. The molecule has 0 aliphatic heterocycles. The number of nitrogens with one attached hydrogen (secondary N) is 1. The molecule has 0 bridgehead atoms. The number of carbonyl (C=O) groups is 2. The van der Waals surface area contributed by atoms with Gasteiger partial charge < -0.3 is 14.6 Å². The molecular formula is C21H27N3O3. The summed E-state index contributed by atoms with van der Waals surface area (Å²) in [5.41, 5.74) is 3.79. The molecule has 0 aliphatic carbocycles. The van der Waals surface area contributed by atoms with Crippen LogP contribution in [0.1, 0.15) is 59.8 Å². The SMILES string of the molecule is CCOC(=O)c1c(/C=C/C(=O)NC(C)c2ccccn2)c(C)n(CC)c1C. The van der Waals surface area contributed by atoms with Gasteiger partial charge in [0.2, 0.25) is 5.91 Å². The molecule has 0 saturated heterocycles.